The lowest BCUT2D eigenvalue weighted by atomic mass is 9.99. The second kappa shape index (κ2) is 50.6. The van der Waals surface area contributed by atoms with E-state index in [2.05, 4.69) is 38.2 Å². The van der Waals surface area contributed by atoms with Crippen LogP contribution in [0, 0.1) is 0 Å². The highest BCUT2D eigenvalue weighted by Crippen LogP contribution is 2.23. The van der Waals surface area contributed by atoms with E-state index in [0.29, 0.717) is 13.0 Å². The zero-order chi connectivity index (χ0) is 49.2. The van der Waals surface area contributed by atoms with E-state index in [0.717, 1.165) is 38.5 Å². The minimum atomic E-state index is -1.54. The maximum Gasteiger partial charge on any atom is 0.306 e. The molecule has 402 valence electrons. The molecule has 0 aromatic carbocycles. The minimum Gasteiger partial charge on any atom is -0.457 e. The summed E-state index contributed by atoms with van der Waals surface area (Å²) in [5, 5.41) is 40.4. The van der Waals surface area contributed by atoms with Gasteiger partial charge in [-0.15, -0.1) is 0 Å². The number of carbonyl (C=O) groups is 1. The molecule has 0 spiro atoms. The molecule has 0 amide bonds. The number of esters is 1. The van der Waals surface area contributed by atoms with Gasteiger partial charge in [0.2, 0.25) is 0 Å². The Hall–Kier alpha value is -1.33. The summed E-state index contributed by atoms with van der Waals surface area (Å²) in [5.74, 6) is -0.307. The molecule has 0 aliphatic carbocycles. The third kappa shape index (κ3) is 40.3. The molecule has 4 N–H and O–H groups in total. The smallest absolute Gasteiger partial charge is 0.306 e. The van der Waals surface area contributed by atoms with Crippen LogP contribution in [0.25, 0.3) is 0 Å². The Balaban J connectivity index is 2.14. The first kappa shape index (κ1) is 64.7. The van der Waals surface area contributed by atoms with Gasteiger partial charge in [-0.25, -0.2) is 0 Å². The van der Waals surface area contributed by atoms with Crippen molar-refractivity contribution in [3.05, 3.63) is 24.3 Å². The molecule has 1 heterocycles. The molecule has 9 heteroatoms. The molecule has 1 saturated heterocycles. The summed E-state index contributed by atoms with van der Waals surface area (Å²) in [6.45, 7) is 4.61. The molecule has 6 unspecified atom stereocenters. The van der Waals surface area contributed by atoms with Crippen molar-refractivity contribution in [1.29, 1.82) is 0 Å². The fourth-order valence-electron chi connectivity index (χ4n) is 9.29. The number of rotatable bonds is 52. The van der Waals surface area contributed by atoms with Crippen molar-refractivity contribution in [2.45, 2.75) is 320 Å². The molecule has 0 radical (unpaired) electrons. The van der Waals surface area contributed by atoms with Crippen LogP contribution in [0.2, 0.25) is 0 Å². The molecule has 0 aromatic rings. The van der Waals surface area contributed by atoms with E-state index in [4.69, 9.17) is 18.9 Å². The number of hydrogen-bond donors (Lipinski definition) is 4. The lowest BCUT2D eigenvalue weighted by Crippen LogP contribution is -2.59. The van der Waals surface area contributed by atoms with Gasteiger partial charge in [-0.1, -0.05) is 256 Å². The number of hydrogen-bond acceptors (Lipinski definition) is 9. The largest absolute Gasteiger partial charge is 0.457 e. The van der Waals surface area contributed by atoms with Crippen molar-refractivity contribution >= 4 is 5.97 Å². The van der Waals surface area contributed by atoms with Gasteiger partial charge in [0, 0.05) is 13.0 Å². The summed E-state index contributed by atoms with van der Waals surface area (Å²) in [5.41, 5.74) is 0. The Morgan fingerprint density at radius 3 is 1.26 bits per heavy atom. The van der Waals surface area contributed by atoms with Crippen LogP contribution >= 0.6 is 0 Å². The first-order valence-corrected chi connectivity index (χ1v) is 29.4. The SMILES string of the molecule is CCCCCCC/C=C\C/C=C\CCCCCCCCCCCCOCC(COC1OC(CO)C(O)C(O)C1O)OC(=O)CCCCCCCCCCCCCCCCCCCCCCCCC. The topological polar surface area (TPSA) is 135 Å². The van der Waals surface area contributed by atoms with Gasteiger partial charge in [0.25, 0.3) is 0 Å². The summed E-state index contributed by atoms with van der Waals surface area (Å²) in [6.07, 6.45) is 55.1. The zero-order valence-corrected chi connectivity index (χ0v) is 44.6. The summed E-state index contributed by atoms with van der Waals surface area (Å²) >= 11 is 0. The van der Waals surface area contributed by atoms with Crippen LogP contribution in [0.4, 0.5) is 0 Å². The average molecular weight is 966 g/mol. The molecule has 1 aliphatic heterocycles. The number of carbonyl (C=O) groups excluding carboxylic acids is 1. The van der Waals surface area contributed by atoms with Crippen LogP contribution in [-0.4, -0.2) is 89.6 Å². The van der Waals surface area contributed by atoms with Gasteiger partial charge in [0.05, 0.1) is 19.8 Å². The van der Waals surface area contributed by atoms with Gasteiger partial charge in [0.15, 0.2) is 6.29 Å². The molecule has 0 saturated carbocycles. The average Bonchev–Trinajstić information content (AvgIpc) is 3.34. The van der Waals surface area contributed by atoms with Gasteiger partial charge < -0.3 is 39.4 Å². The summed E-state index contributed by atoms with van der Waals surface area (Å²) in [4.78, 5) is 12.9. The van der Waals surface area contributed by atoms with Crippen molar-refractivity contribution < 1.29 is 44.2 Å². The molecule has 6 atom stereocenters. The van der Waals surface area contributed by atoms with Gasteiger partial charge in [-0.05, 0) is 44.9 Å². The van der Waals surface area contributed by atoms with E-state index in [1.807, 2.05) is 0 Å². The maximum absolute atomic E-state index is 12.9. The molecule has 1 rings (SSSR count). The minimum absolute atomic E-state index is 0.110. The van der Waals surface area contributed by atoms with E-state index in [9.17, 15) is 25.2 Å². The predicted octanol–water partition coefficient (Wildman–Crippen LogP) is 15.3. The van der Waals surface area contributed by atoms with Crippen LogP contribution < -0.4 is 0 Å². The van der Waals surface area contributed by atoms with E-state index in [-0.39, 0.29) is 19.2 Å². The molecular weight excluding hydrogens is 853 g/mol. The molecule has 0 bridgehead atoms. The molecule has 9 nitrogen and oxygen atoms in total. The van der Waals surface area contributed by atoms with Gasteiger partial charge in [-0.2, -0.15) is 0 Å². The second-order valence-electron chi connectivity index (χ2n) is 20.5. The van der Waals surface area contributed by atoms with Gasteiger partial charge in [0.1, 0.15) is 30.5 Å². The number of aliphatic hydroxyl groups excluding tert-OH is 4. The molecule has 68 heavy (non-hydrogen) atoms. The highest BCUT2D eigenvalue weighted by molar-refractivity contribution is 5.69. The Morgan fingerprint density at radius 2 is 0.853 bits per heavy atom. The summed E-state index contributed by atoms with van der Waals surface area (Å²) in [6, 6.07) is 0. The highest BCUT2D eigenvalue weighted by Gasteiger charge is 2.44. The third-order valence-electron chi connectivity index (χ3n) is 13.9. The first-order chi connectivity index (χ1) is 33.4. The molecule has 1 aliphatic rings. The van der Waals surface area contributed by atoms with Crippen LogP contribution in [0.3, 0.4) is 0 Å². The lowest BCUT2D eigenvalue weighted by Gasteiger charge is -2.39. The van der Waals surface area contributed by atoms with Crippen LogP contribution in [0.1, 0.15) is 284 Å². The van der Waals surface area contributed by atoms with Crippen LogP contribution in [0.15, 0.2) is 24.3 Å². The fraction of sp³-hybridized carbons (Fsp3) is 0.915. The lowest BCUT2D eigenvalue weighted by molar-refractivity contribution is -0.305. The van der Waals surface area contributed by atoms with Crippen molar-refractivity contribution in [2.75, 3.05) is 26.4 Å². The van der Waals surface area contributed by atoms with Crippen molar-refractivity contribution in [3.63, 3.8) is 0 Å². The van der Waals surface area contributed by atoms with Crippen LogP contribution in [-0.2, 0) is 23.7 Å². The summed E-state index contributed by atoms with van der Waals surface area (Å²) < 4.78 is 23.0. The number of ether oxygens (including phenoxy) is 4. The Kier molecular flexibility index (Phi) is 48.1. The van der Waals surface area contributed by atoms with Crippen molar-refractivity contribution in [2.24, 2.45) is 0 Å². The monoisotopic (exact) mass is 965 g/mol. The standard InChI is InChI=1S/C59H112O9/c1-3-5-7-9-11-13-15-17-19-21-23-25-27-28-30-32-34-36-38-40-42-44-46-48-55(61)67-53(52-66-59-58(64)57(63)56(62)54(50-60)68-59)51-65-49-47-45-43-41-39-37-35-33-31-29-26-24-22-20-18-16-14-12-10-8-6-4-2/h16,18,22,24,53-54,56-60,62-64H,3-15,17,19-21,23,25-52H2,1-2H3/b18-16-,24-22-. The Bertz CT molecular complexity index is 1100. The van der Waals surface area contributed by atoms with E-state index in [1.54, 1.807) is 0 Å². The first-order valence-electron chi connectivity index (χ1n) is 29.4. The van der Waals surface area contributed by atoms with E-state index in [1.165, 1.54) is 225 Å². The Morgan fingerprint density at radius 1 is 0.471 bits per heavy atom. The molecule has 0 aromatic heterocycles. The number of aliphatic hydroxyl groups is 4. The fourth-order valence-corrected chi connectivity index (χ4v) is 9.29. The maximum atomic E-state index is 12.9. The molecular formula is C59H112O9. The van der Waals surface area contributed by atoms with Crippen LogP contribution in [0.5, 0.6) is 0 Å². The summed E-state index contributed by atoms with van der Waals surface area (Å²) in [7, 11) is 0. The van der Waals surface area contributed by atoms with E-state index < -0.39 is 43.4 Å². The number of unbranched alkanes of at least 4 members (excludes halogenated alkanes) is 37. The molecule has 1 fully saturated rings. The zero-order valence-electron chi connectivity index (χ0n) is 44.6. The van der Waals surface area contributed by atoms with Gasteiger partial charge >= 0.3 is 5.97 Å². The number of allylic oxidation sites excluding steroid dienone is 4. The van der Waals surface area contributed by atoms with E-state index >= 15 is 0 Å². The highest BCUT2D eigenvalue weighted by atomic mass is 16.7. The normalized spacial score (nSPS) is 19.2. The Labute approximate surface area is 419 Å². The third-order valence-corrected chi connectivity index (χ3v) is 13.9. The van der Waals surface area contributed by atoms with Crippen molar-refractivity contribution in [3.8, 4) is 0 Å². The quantitative estimate of drug-likeness (QED) is 0.0267. The second-order valence-corrected chi connectivity index (χ2v) is 20.5. The van der Waals surface area contributed by atoms with Crippen molar-refractivity contribution in [1.82, 2.24) is 0 Å². The predicted molar refractivity (Wildman–Crippen MR) is 284 cm³/mol. The van der Waals surface area contributed by atoms with Gasteiger partial charge in [-0.3, -0.25) is 4.79 Å².